The fourth-order valence-electron chi connectivity index (χ4n) is 2.68. The van der Waals surface area contributed by atoms with Gasteiger partial charge >= 0.3 is 0 Å². The van der Waals surface area contributed by atoms with Crippen LogP contribution in [0.5, 0.6) is 0 Å². The molecular formula is C19H12N2O3S. The Morgan fingerprint density at radius 2 is 1.60 bits per heavy atom. The molecular weight excluding hydrogens is 336 g/mol. The molecule has 0 spiro atoms. The molecule has 3 aromatic rings. The van der Waals surface area contributed by atoms with Crippen molar-refractivity contribution in [3.63, 3.8) is 0 Å². The highest BCUT2D eigenvalue weighted by Gasteiger charge is 2.26. The second-order valence-electron chi connectivity index (χ2n) is 5.56. The average molecular weight is 348 g/mol. The van der Waals surface area contributed by atoms with Crippen LogP contribution in [-0.2, 0) is 9.59 Å². The Balaban J connectivity index is 1.67. The largest absolute Gasteiger partial charge is 0.457 e. The van der Waals surface area contributed by atoms with Crippen LogP contribution in [-0.4, -0.2) is 16.9 Å². The summed E-state index contributed by atoms with van der Waals surface area (Å²) >= 11 is 4.77. The van der Waals surface area contributed by atoms with Gasteiger partial charge in [0.05, 0.1) is 0 Å². The lowest BCUT2D eigenvalue weighted by molar-refractivity contribution is -0.123. The second kappa shape index (κ2) is 5.99. The number of nitrogens with one attached hydrogen (secondary N) is 2. The topological polar surface area (TPSA) is 71.3 Å². The van der Waals surface area contributed by atoms with Gasteiger partial charge in [-0.25, -0.2) is 0 Å². The number of benzene rings is 2. The van der Waals surface area contributed by atoms with Gasteiger partial charge in [0.25, 0.3) is 11.8 Å². The van der Waals surface area contributed by atoms with E-state index in [9.17, 15) is 9.59 Å². The zero-order valence-corrected chi connectivity index (χ0v) is 13.7. The first kappa shape index (κ1) is 15.3. The number of rotatable bonds is 2. The minimum atomic E-state index is -0.544. The lowest BCUT2D eigenvalue weighted by atomic mass is 10.1. The van der Waals surface area contributed by atoms with Gasteiger partial charge in [-0.3, -0.25) is 20.2 Å². The monoisotopic (exact) mass is 348 g/mol. The van der Waals surface area contributed by atoms with Crippen molar-refractivity contribution < 1.29 is 14.0 Å². The summed E-state index contributed by atoms with van der Waals surface area (Å²) in [5, 5.41) is 7.03. The van der Waals surface area contributed by atoms with Crippen LogP contribution in [0.3, 0.4) is 0 Å². The number of hydrogen-bond donors (Lipinski definition) is 2. The Morgan fingerprint density at radius 1 is 0.880 bits per heavy atom. The maximum atomic E-state index is 11.9. The van der Waals surface area contributed by atoms with Crippen molar-refractivity contribution in [3.05, 3.63) is 65.9 Å². The first-order valence-electron chi connectivity index (χ1n) is 7.57. The molecule has 4 rings (SSSR count). The van der Waals surface area contributed by atoms with Gasteiger partial charge in [0.15, 0.2) is 5.11 Å². The maximum absolute atomic E-state index is 11.9. The summed E-state index contributed by atoms with van der Waals surface area (Å²) in [6.45, 7) is 0. The molecule has 0 aliphatic carbocycles. The number of fused-ring (bicyclic) bond motifs is 1. The smallest absolute Gasteiger partial charge is 0.263 e. The molecule has 0 radical (unpaired) electrons. The standard InChI is InChI=1S/C19H12N2O3S/c22-17-15(18(23)21-19(25)20-17)10-14-7-8-16(24-14)13-6-5-11-3-1-2-4-12(11)9-13/h1-10H,(H2,20,21,22,23,25). The van der Waals surface area contributed by atoms with Crippen LogP contribution in [0.4, 0.5) is 0 Å². The van der Waals surface area contributed by atoms with Crippen LogP contribution in [0.2, 0.25) is 0 Å². The highest BCUT2D eigenvalue weighted by atomic mass is 32.1. The minimum absolute atomic E-state index is 0.00319. The molecule has 1 aromatic heterocycles. The molecule has 1 saturated heterocycles. The molecule has 0 saturated carbocycles. The summed E-state index contributed by atoms with van der Waals surface area (Å²) in [7, 11) is 0. The zero-order valence-electron chi connectivity index (χ0n) is 12.9. The average Bonchev–Trinajstić information content (AvgIpc) is 3.06. The Labute approximate surface area is 148 Å². The number of thiocarbonyl (C=S) groups is 1. The van der Waals surface area contributed by atoms with Crippen molar-refractivity contribution in [2.24, 2.45) is 0 Å². The molecule has 2 amide bonds. The fourth-order valence-corrected chi connectivity index (χ4v) is 2.86. The van der Waals surface area contributed by atoms with Gasteiger partial charge < -0.3 is 4.42 Å². The van der Waals surface area contributed by atoms with E-state index in [4.69, 9.17) is 16.6 Å². The SMILES string of the molecule is O=C1NC(=S)NC(=O)C1=Cc1ccc(-c2ccc3ccccc3c2)o1. The first-order valence-corrected chi connectivity index (χ1v) is 7.98. The van der Waals surface area contributed by atoms with Gasteiger partial charge in [-0.05, 0) is 47.3 Å². The van der Waals surface area contributed by atoms with Crippen LogP contribution in [0.15, 0.2) is 64.6 Å². The lowest BCUT2D eigenvalue weighted by Crippen LogP contribution is -2.51. The third-order valence-electron chi connectivity index (χ3n) is 3.89. The molecule has 122 valence electrons. The lowest BCUT2D eigenvalue weighted by Gasteiger charge is -2.15. The van der Waals surface area contributed by atoms with Crippen molar-refractivity contribution in [3.8, 4) is 11.3 Å². The van der Waals surface area contributed by atoms with Crippen molar-refractivity contribution in [2.75, 3.05) is 0 Å². The van der Waals surface area contributed by atoms with Crippen LogP contribution in [0, 0.1) is 0 Å². The van der Waals surface area contributed by atoms with Crippen LogP contribution in [0.1, 0.15) is 5.76 Å². The molecule has 0 bridgehead atoms. The molecule has 1 aliphatic heterocycles. The van der Waals surface area contributed by atoms with E-state index in [1.165, 1.54) is 6.08 Å². The van der Waals surface area contributed by atoms with Gasteiger partial charge in [-0.1, -0.05) is 36.4 Å². The predicted octanol–water partition coefficient (Wildman–Crippen LogP) is 3.01. The highest BCUT2D eigenvalue weighted by Crippen LogP contribution is 2.27. The third kappa shape index (κ3) is 2.95. The van der Waals surface area contributed by atoms with E-state index < -0.39 is 11.8 Å². The second-order valence-corrected chi connectivity index (χ2v) is 5.97. The summed E-state index contributed by atoms with van der Waals surface area (Å²) in [5.74, 6) is -0.0177. The molecule has 6 heteroatoms. The molecule has 0 unspecified atom stereocenters. The summed E-state index contributed by atoms with van der Waals surface area (Å²) in [6, 6.07) is 17.6. The van der Waals surface area contributed by atoms with E-state index in [-0.39, 0.29) is 10.7 Å². The predicted molar refractivity (Wildman–Crippen MR) is 98.5 cm³/mol. The number of carbonyl (C=O) groups excluding carboxylic acids is 2. The summed E-state index contributed by atoms with van der Waals surface area (Å²) in [6.07, 6.45) is 1.40. The maximum Gasteiger partial charge on any atom is 0.263 e. The minimum Gasteiger partial charge on any atom is -0.457 e. The van der Waals surface area contributed by atoms with Gasteiger partial charge in [-0.2, -0.15) is 0 Å². The van der Waals surface area contributed by atoms with E-state index in [0.29, 0.717) is 11.5 Å². The van der Waals surface area contributed by atoms with Gasteiger partial charge in [0.2, 0.25) is 0 Å². The van der Waals surface area contributed by atoms with E-state index in [1.54, 1.807) is 12.1 Å². The normalized spacial score (nSPS) is 14.4. The molecule has 2 heterocycles. The first-order chi connectivity index (χ1) is 12.1. The number of furan rings is 1. The number of carbonyl (C=O) groups is 2. The van der Waals surface area contributed by atoms with Crippen LogP contribution < -0.4 is 10.6 Å². The van der Waals surface area contributed by atoms with Crippen molar-refractivity contribution in [2.45, 2.75) is 0 Å². The van der Waals surface area contributed by atoms with Gasteiger partial charge in [0, 0.05) is 5.56 Å². The molecule has 0 atom stereocenters. The van der Waals surface area contributed by atoms with E-state index in [2.05, 4.69) is 10.6 Å². The van der Waals surface area contributed by atoms with Crippen molar-refractivity contribution in [1.82, 2.24) is 10.6 Å². The number of hydrogen-bond acceptors (Lipinski definition) is 4. The van der Waals surface area contributed by atoms with Crippen molar-refractivity contribution in [1.29, 1.82) is 0 Å². The van der Waals surface area contributed by atoms with Crippen LogP contribution >= 0.6 is 12.2 Å². The Bertz CT molecular complexity index is 1040. The van der Waals surface area contributed by atoms with E-state index in [0.717, 1.165) is 16.3 Å². The molecule has 1 aliphatic rings. The van der Waals surface area contributed by atoms with Gasteiger partial charge in [0.1, 0.15) is 17.1 Å². The molecule has 2 N–H and O–H groups in total. The van der Waals surface area contributed by atoms with E-state index >= 15 is 0 Å². The molecule has 25 heavy (non-hydrogen) atoms. The number of amides is 2. The highest BCUT2D eigenvalue weighted by molar-refractivity contribution is 7.80. The molecule has 2 aromatic carbocycles. The Kier molecular flexibility index (Phi) is 3.66. The van der Waals surface area contributed by atoms with E-state index in [1.807, 2.05) is 42.5 Å². The summed E-state index contributed by atoms with van der Waals surface area (Å²) in [4.78, 5) is 23.7. The third-order valence-corrected chi connectivity index (χ3v) is 4.09. The molecule has 5 nitrogen and oxygen atoms in total. The molecule has 1 fully saturated rings. The quantitative estimate of drug-likeness (QED) is 0.424. The fraction of sp³-hybridized carbons (Fsp3) is 0. The Morgan fingerprint density at radius 3 is 2.36 bits per heavy atom. The Hall–Kier alpha value is -3.25. The van der Waals surface area contributed by atoms with Gasteiger partial charge in [-0.15, -0.1) is 0 Å². The summed E-state index contributed by atoms with van der Waals surface area (Å²) < 4.78 is 5.78. The van der Waals surface area contributed by atoms with Crippen LogP contribution in [0.25, 0.3) is 28.2 Å². The zero-order chi connectivity index (χ0) is 17.4. The summed E-state index contributed by atoms with van der Waals surface area (Å²) in [5.41, 5.74) is 0.870. The van der Waals surface area contributed by atoms with Crippen molar-refractivity contribution >= 4 is 46.0 Å².